The molecule has 0 heterocycles. The van der Waals surface area contributed by atoms with Crippen LogP contribution in [0.1, 0.15) is 43.6 Å². The molecule has 0 amide bonds. The smallest absolute Gasteiger partial charge is 0.343 e. The van der Waals surface area contributed by atoms with Crippen molar-refractivity contribution < 1.29 is 37.0 Å². The van der Waals surface area contributed by atoms with Crippen molar-refractivity contribution in [2.45, 2.75) is 33.1 Å². The Kier molecular flexibility index (Phi) is 7.09. The number of carbonyl (C=O) groups excluding carboxylic acids is 2. The molecule has 2 aromatic carbocycles. The maximum atomic E-state index is 14.1. The van der Waals surface area contributed by atoms with E-state index in [1.807, 2.05) is 20.8 Å². The molecule has 0 saturated heterocycles. The molecule has 0 radical (unpaired) electrons. The summed E-state index contributed by atoms with van der Waals surface area (Å²) >= 11 is 0. The first-order valence-electron chi connectivity index (χ1n) is 9.23. The van der Waals surface area contributed by atoms with Gasteiger partial charge in [0.05, 0.1) is 17.9 Å². The minimum atomic E-state index is -2.19. The van der Waals surface area contributed by atoms with Crippen LogP contribution in [-0.2, 0) is 14.9 Å². The standard InChI is InChI=1S/C22H21F4NO4/c1-5-31-21(30)13(20(29)12-9-14(23)18(25)19(26)17(12)24)10-27-15-8-11(22(2,3)4)6-7-16(15)28/h6-10,27-28H,5H2,1-4H3. The number of benzene rings is 2. The highest BCUT2D eigenvalue weighted by Crippen LogP contribution is 2.31. The van der Waals surface area contributed by atoms with Gasteiger partial charge in [-0.2, -0.15) is 0 Å². The van der Waals surface area contributed by atoms with Crippen LogP contribution in [0.3, 0.4) is 0 Å². The van der Waals surface area contributed by atoms with Crippen molar-refractivity contribution in [2.75, 3.05) is 11.9 Å². The summed E-state index contributed by atoms with van der Waals surface area (Å²) in [6.07, 6.45) is 0.820. The van der Waals surface area contributed by atoms with E-state index in [4.69, 9.17) is 4.74 Å². The van der Waals surface area contributed by atoms with Gasteiger partial charge in [0, 0.05) is 6.20 Å². The first-order chi connectivity index (χ1) is 14.4. The van der Waals surface area contributed by atoms with Crippen molar-refractivity contribution in [3.8, 4) is 5.75 Å². The third kappa shape index (κ3) is 5.22. The summed E-state index contributed by atoms with van der Waals surface area (Å²) in [7, 11) is 0. The molecule has 0 unspecified atom stereocenters. The number of carbonyl (C=O) groups is 2. The minimum Gasteiger partial charge on any atom is -0.506 e. The average Bonchev–Trinajstić information content (AvgIpc) is 2.69. The molecule has 0 atom stereocenters. The molecule has 0 aromatic heterocycles. The summed E-state index contributed by atoms with van der Waals surface area (Å²) in [6.45, 7) is 7.07. The summed E-state index contributed by atoms with van der Waals surface area (Å²) in [5.41, 5.74) is -1.38. The minimum absolute atomic E-state index is 0.110. The lowest BCUT2D eigenvalue weighted by Gasteiger charge is -2.20. The summed E-state index contributed by atoms with van der Waals surface area (Å²) < 4.78 is 59.1. The lowest BCUT2D eigenvalue weighted by molar-refractivity contribution is -0.138. The average molecular weight is 439 g/mol. The van der Waals surface area contributed by atoms with Crippen molar-refractivity contribution in [1.82, 2.24) is 0 Å². The van der Waals surface area contributed by atoms with Crippen molar-refractivity contribution in [3.63, 3.8) is 0 Å². The van der Waals surface area contributed by atoms with Gasteiger partial charge in [-0.25, -0.2) is 22.4 Å². The topological polar surface area (TPSA) is 75.6 Å². The predicted molar refractivity (Wildman–Crippen MR) is 106 cm³/mol. The maximum Gasteiger partial charge on any atom is 0.343 e. The molecule has 166 valence electrons. The Morgan fingerprint density at radius 3 is 2.29 bits per heavy atom. The Labute approximate surface area is 176 Å². The van der Waals surface area contributed by atoms with Gasteiger partial charge in [0.25, 0.3) is 0 Å². The molecule has 0 bridgehead atoms. The van der Waals surface area contributed by atoms with Crippen molar-refractivity contribution in [3.05, 3.63) is 70.4 Å². The SMILES string of the molecule is CCOC(=O)C(=CNc1cc(C(C)(C)C)ccc1O)C(=O)c1cc(F)c(F)c(F)c1F. The molecule has 0 spiro atoms. The third-order valence-corrected chi connectivity index (χ3v) is 4.32. The number of halogens is 4. The lowest BCUT2D eigenvalue weighted by Crippen LogP contribution is -2.20. The summed E-state index contributed by atoms with van der Waals surface area (Å²) in [5.74, 6) is -10.9. The van der Waals surface area contributed by atoms with Gasteiger partial charge in [0.1, 0.15) is 11.3 Å². The van der Waals surface area contributed by atoms with Crippen molar-refractivity contribution in [2.24, 2.45) is 0 Å². The Hall–Kier alpha value is -3.36. The van der Waals surface area contributed by atoms with Crippen LogP contribution in [0.2, 0.25) is 0 Å². The molecule has 5 nitrogen and oxygen atoms in total. The maximum absolute atomic E-state index is 14.1. The number of nitrogens with one attached hydrogen (secondary N) is 1. The number of esters is 1. The number of ether oxygens (including phenoxy) is 1. The highest BCUT2D eigenvalue weighted by molar-refractivity contribution is 6.24. The van der Waals surface area contributed by atoms with Gasteiger partial charge >= 0.3 is 5.97 Å². The molecule has 2 aromatic rings. The van der Waals surface area contributed by atoms with Gasteiger partial charge in [-0.05, 0) is 36.1 Å². The van der Waals surface area contributed by atoms with E-state index in [-0.39, 0.29) is 29.5 Å². The van der Waals surface area contributed by atoms with Gasteiger partial charge in [0.15, 0.2) is 23.3 Å². The number of hydrogen-bond donors (Lipinski definition) is 2. The molecule has 0 aliphatic rings. The molecular formula is C22H21F4NO4. The van der Waals surface area contributed by atoms with E-state index in [2.05, 4.69) is 5.32 Å². The van der Waals surface area contributed by atoms with Gasteiger partial charge in [-0.1, -0.05) is 26.8 Å². The first-order valence-corrected chi connectivity index (χ1v) is 9.23. The van der Waals surface area contributed by atoms with Crippen LogP contribution in [0.25, 0.3) is 0 Å². The zero-order chi connectivity index (χ0) is 23.5. The normalized spacial score (nSPS) is 11.9. The van der Waals surface area contributed by atoms with Crippen LogP contribution in [0, 0.1) is 23.3 Å². The molecular weight excluding hydrogens is 418 g/mol. The predicted octanol–water partition coefficient (Wildman–Crippen LogP) is 4.99. The second-order valence-corrected chi connectivity index (χ2v) is 7.58. The molecule has 0 saturated carbocycles. The molecule has 2 N–H and O–H groups in total. The highest BCUT2D eigenvalue weighted by atomic mass is 19.2. The van der Waals surface area contributed by atoms with Crippen molar-refractivity contribution >= 4 is 17.4 Å². The Morgan fingerprint density at radius 2 is 1.71 bits per heavy atom. The molecule has 31 heavy (non-hydrogen) atoms. The van der Waals surface area contributed by atoms with E-state index in [0.717, 1.165) is 11.8 Å². The number of hydrogen-bond acceptors (Lipinski definition) is 5. The number of ketones is 1. The zero-order valence-electron chi connectivity index (χ0n) is 17.3. The van der Waals surface area contributed by atoms with Crippen LogP contribution in [0.5, 0.6) is 5.75 Å². The quantitative estimate of drug-likeness (QED) is 0.0764. The number of phenols is 1. The number of aromatic hydroxyl groups is 1. The summed E-state index contributed by atoms with van der Waals surface area (Å²) in [4.78, 5) is 24.9. The van der Waals surface area contributed by atoms with Gasteiger partial charge in [-0.3, -0.25) is 4.79 Å². The first kappa shape index (κ1) is 23.9. The highest BCUT2D eigenvalue weighted by Gasteiger charge is 2.29. The molecule has 2 rings (SSSR count). The van der Waals surface area contributed by atoms with E-state index < -0.39 is 46.2 Å². The van der Waals surface area contributed by atoms with E-state index in [0.29, 0.717) is 0 Å². The van der Waals surface area contributed by atoms with Crippen LogP contribution in [0.4, 0.5) is 23.2 Å². The van der Waals surface area contributed by atoms with Crippen LogP contribution >= 0.6 is 0 Å². The van der Waals surface area contributed by atoms with Crippen molar-refractivity contribution in [1.29, 1.82) is 0 Å². The monoisotopic (exact) mass is 439 g/mol. The van der Waals surface area contributed by atoms with E-state index in [1.165, 1.54) is 13.0 Å². The van der Waals surface area contributed by atoms with E-state index >= 15 is 0 Å². The number of anilines is 1. The van der Waals surface area contributed by atoms with Gasteiger partial charge in [0.2, 0.25) is 5.78 Å². The van der Waals surface area contributed by atoms with Crippen LogP contribution in [0.15, 0.2) is 36.0 Å². The van der Waals surface area contributed by atoms with Crippen LogP contribution < -0.4 is 5.32 Å². The summed E-state index contributed by atoms with van der Waals surface area (Å²) in [5, 5.41) is 12.6. The molecule has 0 aliphatic carbocycles. The fourth-order valence-electron chi connectivity index (χ4n) is 2.58. The number of Topliss-reactive ketones (excluding diaryl/α,β-unsaturated/α-hetero) is 1. The Morgan fingerprint density at radius 1 is 1.06 bits per heavy atom. The number of phenolic OH excluding ortho intramolecular Hbond substituents is 1. The Bertz CT molecular complexity index is 1060. The second-order valence-electron chi connectivity index (χ2n) is 7.58. The van der Waals surface area contributed by atoms with E-state index in [1.54, 1.807) is 12.1 Å². The summed E-state index contributed by atoms with van der Waals surface area (Å²) in [6, 6.07) is 4.80. The van der Waals surface area contributed by atoms with Gasteiger partial charge in [-0.15, -0.1) is 0 Å². The fourth-order valence-corrected chi connectivity index (χ4v) is 2.58. The lowest BCUT2D eigenvalue weighted by atomic mass is 9.87. The number of rotatable bonds is 6. The third-order valence-electron chi connectivity index (χ3n) is 4.32. The fraction of sp³-hybridized carbons (Fsp3) is 0.273. The molecule has 0 fully saturated rings. The Balaban J connectivity index is 2.53. The second kappa shape index (κ2) is 9.20. The van der Waals surface area contributed by atoms with Crippen LogP contribution in [-0.4, -0.2) is 23.5 Å². The van der Waals surface area contributed by atoms with Gasteiger partial charge < -0.3 is 15.2 Å². The molecule has 9 heteroatoms. The largest absolute Gasteiger partial charge is 0.506 e. The molecule has 0 aliphatic heterocycles. The zero-order valence-corrected chi connectivity index (χ0v) is 17.3. The van der Waals surface area contributed by atoms with E-state index in [9.17, 15) is 32.3 Å².